The maximum atomic E-state index is 6.21. The number of rotatable bonds is 8. The van der Waals surface area contributed by atoms with Crippen LogP contribution in [0.1, 0.15) is 11.5 Å². The smallest absolute Gasteiger partial charge is 0.254 e. The fourth-order valence-corrected chi connectivity index (χ4v) is 4.49. The normalized spacial score (nSPS) is 11.3. The van der Waals surface area contributed by atoms with Crippen LogP contribution in [0.25, 0.3) is 21.7 Å². The lowest BCUT2D eigenvalue weighted by Gasteiger charge is -2.09. The lowest BCUT2D eigenvalue weighted by Crippen LogP contribution is -1.99. The van der Waals surface area contributed by atoms with Crippen molar-refractivity contribution in [2.45, 2.75) is 6.61 Å². The largest absolute Gasteiger partial charge is 0.493 e. The predicted octanol–water partition coefficient (Wildman–Crippen LogP) is 6.69. The summed E-state index contributed by atoms with van der Waals surface area (Å²) < 4.78 is 18.1. The van der Waals surface area contributed by atoms with E-state index in [1.807, 2.05) is 36.4 Å². The molecule has 0 spiro atoms. The fraction of sp³-hybridized carbons (Fsp3) is 0.0833. The van der Waals surface area contributed by atoms with E-state index in [0.29, 0.717) is 38.1 Å². The van der Waals surface area contributed by atoms with Crippen LogP contribution in [0.2, 0.25) is 10.0 Å². The molecule has 1 N–H and O–H groups in total. The third-order valence-corrected chi connectivity index (χ3v) is 6.32. The minimum absolute atomic E-state index is 0.0567. The average molecular weight is 526 g/mol. The van der Waals surface area contributed by atoms with Gasteiger partial charge in [0.1, 0.15) is 0 Å². The molecule has 0 saturated heterocycles. The molecule has 0 radical (unpaired) electrons. The Kier molecular flexibility index (Phi) is 6.80. The molecule has 0 saturated carbocycles. The summed E-state index contributed by atoms with van der Waals surface area (Å²) in [5.41, 5.74) is 5.31. The number of nitrogens with zero attached hydrogens (tertiary/aromatic N) is 4. The molecule has 0 atom stereocenters. The Morgan fingerprint density at radius 2 is 1.94 bits per heavy atom. The van der Waals surface area contributed by atoms with Gasteiger partial charge in [-0.2, -0.15) is 5.10 Å². The van der Waals surface area contributed by atoms with Crippen molar-refractivity contribution in [3.8, 4) is 23.0 Å². The summed E-state index contributed by atoms with van der Waals surface area (Å²) in [4.78, 5) is 4.49. The Bertz CT molecular complexity index is 1490. The van der Waals surface area contributed by atoms with Crippen LogP contribution < -0.4 is 14.9 Å². The highest BCUT2D eigenvalue weighted by Crippen LogP contribution is 2.31. The van der Waals surface area contributed by atoms with Crippen LogP contribution in [-0.4, -0.2) is 28.5 Å². The SMILES string of the molecule is COc1cc(/C=N/Nc2nc3ccccc3s2)ccc1OCc1nnc(-c2ccc(Cl)cc2Cl)o1. The molecule has 0 aliphatic carbocycles. The second kappa shape index (κ2) is 10.3. The molecule has 11 heteroatoms. The van der Waals surface area contributed by atoms with Gasteiger partial charge in [-0.1, -0.05) is 46.7 Å². The number of anilines is 1. The molecule has 35 heavy (non-hydrogen) atoms. The van der Waals surface area contributed by atoms with Crippen molar-refractivity contribution in [1.29, 1.82) is 0 Å². The van der Waals surface area contributed by atoms with Gasteiger partial charge in [-0.15, -0.1) is 10.2 Å². The van der Waals surface area contributed by atoms with Gasteiger partial charge in [-0.3, -0.25) is 5.43 Å². The molecule has 0 fully saturated rings. The molecule has 0 aliphatic rings. The van der Waals surface area contributed by atoms with Crippen molar-refractivity contribution >= 4 is 56.1 Å². The molecule has 5 aromatic rings. The Morgan fingerprint density at radius 3 is 2.77 bits per heavy atom. The monoisotopic (exact) mass is 525 g/mol. The summed E-state index contributed by atoms with van der Waals surface area (Å²) in [7, 11) is 1.57. The van der Waals surface area contributed by atoms with E-state index in [1.54, 1.807) is 37.6 Å². The third kappa shape index (κ3) is 5.37. The number of fused-ring (bicyclic) bond motifs is 1. The first-order valence-electron chi connectivity index (χ1n) is 10.3. The number of hydrazone groups is 1. The first-order valence-corrected chi connectivity index (χ1v) is 11.9. The predicted molar refractivity (Wildman–Crippen MR) is 138 cm³/mol. The highest BCUT2D eigenvalue weighted by molar-refractivity contribution is 7.22. The zero-order valence-corrected chi connectivity index (χ0v) is 20.6. The van der Waals surface area contributed by atoms with E-state index in [0.717, 1.165) is 15.8 Å². The summed E-state index contributed by atoms with van der Waals surface area (Å²) in [6.45, 7) is 0.0567. The molecule has 176 valence electrons. The number of para-hydroxylation sites is 1. The second-order valence-corrected chi connectivity index (χ2v) is 9.06. The van der Waals surface area contributed by atoms with E-state index in [2.05, 4.69) is 25.7 Å². The number of ether oxygens (including phenoxy) is 2. The van der Waals surface area contributed by atoms with E-state index in [-0.39, 0.29) is 12.5 Å². The second-order valence-electron chi connectivity index (χ2n) is 7.18. The van der Waals surface area contributed by atoms with E-state index >= 15 is 0 Å². The molecule has 3 aromatic carbocycles. The van der Waals surface area contributed by atoms with Crippen LogP contribution in [0, 0.1) is 0 Å². The quantitative estimate of drug-likeness (QED) is 0.178. The summed E-state index contributed by atoms with van der Waals surface area (Å²) in [5, 5.41) is 14.0. The zero-order valence-electron chi connectivity index (χ0n) is 18.2. The van der Waals surface area contributed by atoms with E-state index in [9.17, 15) is 0 Å². The van der Waals surface area contributed by atoms with Crippen LogP contribution in [0.5, 0.6) is 11.5 Å². The van der Waals surface area contributed by atoms with Gasteiger partial charge in [0.05, 0.1) is 34.1 Å². The van der Waals surface area contributed by atoms with Crippen LogP contribution in [0.3, 0.4) is 0 Å². The standard InChI is InChI=1S/C24H17Cl2N5O3S/c1-32-20-10-14(12-27-31-24-28-18-4-2-3-5-21(18)35-24)6-9-19(20)33-13-22-29-30-23(34-22)16-8-7-15(25)11-17(16)26/h2-12H,13H2,1H3,(H,28,31)/b27-12+. The van der Waals surface area contributed by atoms with Gasteiger partial charge >= 0.3 is 0 Å². The molecule has 0 amide bonds. The molecule has 0 bridgehead atoms. The van der Waals surface area contributed by atoms with Gasteiger partial charge < -0.3 is 13.9 Å². The molecule has 0 aliphatic heterocycles. The van der Waals surface area contributed by atoms with Crippen molar-refractivity contribution in [1.82, 2.24) is 15.2 Å². The summed E-state index contributed by atoms with van der Waals surface area (Å²) in [6.07, 6.45) is 1.68. The highest BCUT2D eigenvalue weighted by atomic mass is 35.5. The molecule has 8 nitrogen and oxygen atoms in total. The molecule has 0 unspecified atom stereocenters. The molecular formula is C24H17Cl2N5O3S. The van der Waals surface area contributed by atoms with Crippen LogP contribution >= 0.6 is 34.5 Å². The van der Waals surface area contributed by atoms with Crippen LogP contribution in [0.15, 0.2) is 70.2 Å². The van der Waals surface area contributed by atoms with Crippen molar-refractivity contribution < 1.29 is 13.9 Å². The van der Waals surface area contributed by atoms with Crippen molar-refractivity contribution in [2.24, 2.45) is 5.10 Å². The van der Waals surface area contributed by atoms with Gasteiger partial charge in [-0.25, -0.2) is 4.98 Å². The van der Waals surface area contributed by atoms with Crippen LogP contribution in [0.4, 0.5) is 5.13 Å². The minimum Gasteiger partial charge on any atom is -0.493 e. The summed E-state index contributed by atoms with van der Waals surface area (Å²) in [6, 6.07) is 18.4. The highest BCUT2D eigenvalue weighted by Gasteiger charge is 2.14. The topological polar surface area (TPSA) is 94.7 Å². The first kappa shape index (κ1) is 23.1. The third-order valence-electron chi connectivity index (χ3n) is 4.83. The summed E-state index contributed by atoms with van der Waals surface area (Å²) in [5.74, 6) is 1.63. The maximum absolute atomic E-state index is 6.21. The minimum atomic E-state index is 0.0567. The van der Waals surface area contributed by atoms with Crippen LogP contribution in [-0.2, 0) is 6.61 Å². The fourth-order valence-electron chi connectivity index (χ4n) is 3.19. The number of benzene rings is 3. The number of hydrogen-bond acceptors (Lipinski definition) is 9. The van der Waals surface area contributed by atoms with E-state index in [4.69, 9.17) is 37.1 Å². The number of hydrogen-bond donors (Lipinski definition) is 1. The van der Waals surface area contributed by atoms with Gasteiger partial charge in [0, 0.05) is 5.02 Å². The Labute approximate surface area is 214 Å². The van der Waals surface area contributed by atoms with E-state index in [1.165, 1.54) is 11.3 Å². The maximum Gasteiger partial charge on any atom is 0.254 e. The Hall–Kier alpha value is -3.66. The number of methoxy groups -OCH3 is 1. The average Bonchev–Trinajstić information content (AvgIpc) is 3.50. The van der Waals surface area contributed by atoms with Gasteiger partial charge in [0.15, 0.2) is 18.1 Å². The van der Waals surface area contributed by atoms with Crippen molar-refractivity contribution in [3.05, 3.63) is 82.2 Å². The molecule has 2 aromatic heterocycles. The lowest BCUT2D eigenvalue weighted by molar-refractivity contribution is 0.251. The van der Waals surface area contributed by atoms with E-state index < -0.39 is 0 Å². The zero-order chi connectivity index (χ0) is 24.2. The lowest BCUT2D eigenvalue weighted by atomic mass is 10.2. The number of nitrogens with one attached hydrogen (secondary N) is 1. The number of aromatic nitrogens is 3. The Morgan fingerprint density at radius 1 is 1.06 bits per heavy atom. The van der Waals surface area contributed by atoms with Gasteiger partial charge in [-0.05, 0) is 54.1 Å². The first-order chi connectivity index (χ1) is 17.1. The number of thiazole rings is 1. The number of halogens is 2. The molecule has 5 rings (SSSR count). The summed E-state index contributed by atoms with van der Waals surface area (Å²) >= 11 is 13.7. The van der Waals surface area contributed by atoms with Crippen molar-refractivity contribution in [2.75, 3.05) is 12.5 Å². The molecular weight excluding hydrogens is 509 g/mol. The molecule has 2 heterocycles. The van der Waals surface area contributed by atoms with Gasteiger partial charge in [0.2, 0.25) is 11.0 Å². The van der Waals surface area contributed by atoms with Gasteiger partial charge in [0.25, 0.3) is 5.89 Å². The van der Waals surface area contributed by atoms with Crippen molar-refractivity contribution in [3.63, 3.8) is 0 Å². The Balaban J connectivity index is 1.23.